The quantitative estimate of drug-likeness (QED) is 0.708. The molecule has 4 heteroatoms. The summed E-state index contributed by atoms with van der Waals surface area (Å²) in [7, 11) is 1.51. The Morgan fingerprint density at radius 3 is 2.87 bits per heavy atom. The Labute approximate surface area is 88.9 Å². The minimum Gasteiger partial charge on any atom is -0.504 e. The van der Waals surface area contributed by atoms with E-state index in [1.807, 2.05) is 6.07 Å². The third-order valence-corrected chi connectivity index (χ3v) is 2.06. The maximum absolute atomic E-state index is 11.8. The topological polar surface area (TPSA) is 41.5 Å². The number of halogens is 1. The fourth-order valence-corrected chi connectivity index (χ4v) is 1.27. The van der Waals surface area contributed by atoms with Gasteiger partial charge >= 0.3 is 0 Å². The summed E-state index contributed by atoms with van der Waals surface area (Å²) >= 11 is 0. The number of alkyl halides is 1. The second kappa shape index (κ2) is 6.24. The molecule has 0 amide bonds. The van der Waals surface area contributed by atoms with Crippen LogP contribution < -0.4 is 10.1 Å². The predicted octanol–water partition coefficient (Wildman–Crippen LogP) is 1.85. The van der Waals surface area contributed by atoms with Crippen molar-refractivity contribution in [3.63, 3.8) is 0 Å². The Bertz CT molecular complexity index is 305. The van der Waals surface area contributed by atoms with E-state index < -0.39 is 0 Å². The van der Waals surface area contributed by atoms with Crippen LogP contribution in [-0.2, 0) is 6.54 Å². The van der Waals surface area contributed by atoms with Crippen molar-refractivity contribution in [3.8, 4) is 11.5 Å². The van der Waals surface area contributed by atoms with Crippen LogP contribution in [0.4, 0.5) is 4.39 Å². The van der Waals surface area contributed by atoms with Gasteiger partial charge in [0.2, 0.25) is 0 Å². The summed E-state index contributed by atoms with van der Waals surface area (Å²) in [6.07, 6.45) is 0.516. The number of ether oxygens (including phenoxy) is 1. The molecule has 1 aromatic carbocycles. The molecule has 1 rings (SSSR count). The predicted molar refractivity (Wildman–Crippen MR) is 57.0 cm³/mol. The molecule has 3 nitrogen and oxygen atoms in total. The van der Waals surface area contributed by atoms with Crippen molar-refractivity contribution in [2.24, 2.45) is 0 Å². The first-order chi connectivity index (χ1) is 7.27. The van der Waals surface area contributed by atoms with E-state index in [0.29, 0.717) is 25.3 Å². The first kappa shape index (κ1) is 11.8. The van der Waals surface area contributed by atoms with Gasteiger partial charge in [-0.1, -0.05) is 6.07 Å². The summed E-state index contributed by atoms with van der Waals surface area (Å²) < 4.78 is 16.7. The first-order valence-corrected chi connectivity index (χ1v) is 4.90. The lowest BCUT2D eigenvalue weighted by Crippen LogP contribution is -2.14. The average molecular weight is 213 g/mol. The Morgan fingerprint density at radius 2 is 2.27 bits per heavy atom. The molecule has 15 heavy (non-hydrogen) atoms. The van der Waals surface area contributed by atoms with E-state index in [-0.39, 0.29) is 12.4 Å². The average Bonchev–Trinajstić information content (AvgIpc) is 2.25. The molecule has 0 radical (unpaired) electrons. The van der Waals surface area contributed by atoms with Gasteiger partial charge in [-0.3, -0.25) is 4.39 Å². The van der Waals surface area contributed by atoms with Crippen LogP contribution in [0.25, 0.3) is 0 Å². The van der Waals surface area contributed by atoms with E-state index in [9.17, 15) is 9.50 Å². The molecule has 0 saturated carbocycles. The van der Waals surface area contributed by atoms with Crippen molar-refractivity contribution < 1.29 is 14.2 Å². The SMILES string of the molecule is COc1ccc(CNCCCF)cc1O. The maximum Gasteiger partial charge on any atom is 0.160 e. The van der Waals surface area contributed by atoms with Gasteiger partial charge in [0.05, 0.1) is 13.8 Å². The van der Waals surface area contributed by atoms with Crippen LogP contribution in [0.1, 0.15) is 12.0 Å². The molecule has 0 heterocycles. The van der Waals surface area contributed by atoms with Gasteiger partial charge in [0.1, 0.15) is 0 Å². The molecule has 0 aliphatic carbocycles. The molecule has 0 aliphatic heterocycles. The van der Waals surface area contributed by atoms with Crippen molar-refractivity contribution in [2.75, 3.05) is 20.3 Å². The standard InChI is InChI=1S/C11H16FNO2/c1-15-11-4-3-9(7-10(11)14)8-13-6-2-5-12/h3-4,7,13-14H,2,5-6,8H2,1H3. The van der Waals surface area contributed by atoms with Crippen molar-refractivity contribution in [2.45, 2.75) is 13.0 Å². The number of methoxy groups -OCH3 is 1. The molecule has 0 aromatic heterocycles. The van der Waals surface area contributed by atoms with Gasteiger partial charge in [-0.25, -0.2) is 0 Å². The van der Waals surface area contributed by atoms with Crippen molar-refractivity contribution in [1.29, 1.82) is 0 Å². The number of hydrogen-bond donors (Lipinski definition) is 2. The normalized spacial score (nSPS) is 10.3. The molecule has 0 spiro atoms. The molecule has 1 aromatic rings. The third kappa shape index (κ3) is 3.75. The summed E-state index contributed by atoms with van der Waals surface area (Å²) in [5, 5.41) is 12.6. The molecule has 2 N–H and O–H groups in total. The van der Waals surface area contributed by atoms with Gasteiger partial charge in [-0.05, 0) is 30.7 Å². The highest BCUT2D eigenvalue weighted by Gasteiger charge is 2.01. The van der Waals surface area contributed by atoms with Crippen LogP contribution in [0, 0.1) is 0 Å². The highest BCUT2D eigenvalue weighted by atomic mass is 19.1. The molecule has 0 aliphatic rings. The third-order valence-electron chi connectivity index (χ3n) is 2.06. The van der Waals surface area contributed by atoms with Crippen LogP contribution in [0.5, 0.6) is 11.5 Å². The molecule has 0 unspecified atom stereocenters. The molecule has 0 fully saturated rings. The van der Waals surface area contributed by atoms with Gasteiger partial charge < -0.3 is 15.2 Å². The summed E-state index contributed by atoms with van der Waals surface area (Å²) in [6, 6.07) is 5.21. The van der Waals surface area contributed by atoms with E-state index in [1.54, 1.807) is 12.1 Å². The van der Waals surface area contributed by atoms with E-state index in [1.165, 1.54) is 7.11 Å². The minimum atomic E-state index is -0.305. The number of aromatic hydroxyl groups is 1. The second-order valence-corrected chi connectivity index (χ2v) is 3.23. The lowest BCUT2D eigenvalue weighted by molar-refractivity contribution is 0.373. The molecule has 0 atom stereocenters. The fourth-order valence-electron chi connectivity index (χ4n) is 1.27. The summed E-state index contributed by atoms with van der Waals surface area (Å²) in [6.45, 7) is 0.960. The lowest BCUT2D eigenvalue weighted by atomic mass is 10.2. The second-order valence-electron chi connectivity index (χ2n) is 3.23. The van der Waals surface area contributed by atoms with Crippen LogP contribution in [0.3, 0.4) is 0 Å². The van der Waals surface area contributed by atoms with E-state index in [4.69, 9.17) is 4.74 Å². The molecule has 0 bridgehead atoms. The van der Waals surface area contributed by atoms with Gasteiger partial charge in [0.15, 0.2) is 11.5 Å². The number of benzene rings is 1. The largest absolute Gasteiger partial charge is 0.504 e. The van der Waals surface area contributed by atoms with Crippen molar-refractivity contribution in [3.05, 3.63) is 23.8 Å². The lowest BCUT2D eigenvalue weighted by Gasteiger charge is -2.07. The summed E-state index contributed by atoms with van der Waals surface area (Å²) in [4.78, 5) is 0. The highest BCUT2D eigenvalue weighted by Crippen LogP contribution is 2.25. The Morgan fingerprint density at radius 1 is 1.47 bits per heavy atom. The minimum absolute atomic E-state index is 0.127. The molecule has 0 saturated heterocycles. The molecular weight excluding hydrogens is 197 g/mol. The van der Waals surface area contributed by atoms with E-state index in [0.717, 1.165) is 5.56 Å². The highest BCUT2D eigenvalue weighted by molar-refractivity contribution is 5.41. The molecular formula is C11H16FNO2. The fraction of sp³-hybridized carbons (Fsp3) is 0.455. The van der Waals surface area contributed by atoms with E-state index >= 15 is 0 Å². The van der Waals surface area contributed by atoms with Gasteiger partial charge in [0.25, 0.3) is 0 Å². The molecule has 84 valence electrons. The number of rotatable bonds is 6. The maximum atomic E-state index is 11.8. The number of phenols is 1. The van der Waals surface area contributed by atoms with Crippen molar-refractivity contribution in [1.82, 2.24) is 5.32 Å². The van der Waals surface area contributed by atoms with Gasteiger partial charge in [-0.15, -0.1) is 0 Å². The smallest absolute Gasteiger partial charge is 0.160 e. The van der Waals surface area contributed by atoms with Crippen molar-refractivity contribution >= 4 is 0 Å². The summed E-state index contributed by atoms with van der Waals surface area (Å²) in [5.74, 6) is 0.588. The van der Waals surface area contributed by atoms with Gasteiger partial charge in [0, 0.05) is 6.54 Å². The van der Waals surface area contributed by atoms with Crippen LogP contribution in [0.2, 0.25) is 0 Å². The Balaban J connectivity index is 2.45. The number of phenolic OH excluding ortho intramolecular Hbond substituents is 1. The van der Waals surface area contributed by atoms with E-state index in [2.05, 4.69) is 5.32 Å². The first-order valence-electron chi connectivity index (χ1n) is 4.90. The summed E-state index contributed by atoms with van der Waals surface area (Å²) in [5.41, 5.74) is 0.951. The monoisotopic (exact) mass is 213 g/mol. The number of hydrogen-bond acceptors (Lipinski definition) is 3. The number of nitrogens with one attached hydrogen (secondary N) is 1. The van der Waals surface area contributed by atoms with Crippen LogP contribution >= 0.6 is 0 Å². The Hall–Kier alpha value is -1.29. The van der Waals surface area contributed by atoms with Crippen LogP contribution in [0.15, 0.2) is 18.2 Å². The van der Waals surface area contributed by atoms with Gasteiger partial charge in [-0.2, -0.15) is 0 Å². The zero-order chi connectivity index (χ0) is 11.1. The zero-order valence-corrected chi connectivity index (χ0v) is 8.79. The Kier molecular flexibility index (Phi) is 4.90. The van der Waals surface area contributed by atoms with Crippen LogP contribution in [-0.4, -0.2) is 25.4 Å². The zero-order valence-electron chi connectivity index (χ0n) is 8.79.